The molecule has 4 aliphatic rings. The summed E-state index contributed by atoms with van der Waals surface area (Å²) in [5.41, 5.74) is 0.409. The van der Waals surface area contributed by atoms with Crippen LogP contribution in [0.15, 0.2) is 48.6 Å². The van der Waals surface area contributed by atoms with Gasteiger partial charge in [0.1, 0.15) is 17.6 Å². The highest BCUT2D eigenvalue weighted by Crippen LogP contribution is 2.54. The molecule has 9 nitrogen and oxygen atoms in total. The Morgan fingerprint density at radius 2 is 1.78 bits per heavy atom. The number of hydrogen-bond acceptors (Lipinski definition) is 7. The first-order valence-electron chi connectivity index (χ1n) is 15.0. The van der Waals surface area contributed by atoms with Crippen molar-refractivity contribution < 1.29 is 29.0 Å². The number of esters is 1. The van der Waals surface area contributed by atoms with Gasteiger partial charge in [-0.15, -0.1) is 0 Å². The van der Waals surface area contributed by atoms with Crippen LogP contribution in [0.1, 0.15) is 47.5 Å². The summed E-state index contributed by atoms with van der Waals surface area (Å²) in [6, 6.07) is 6.19. The summed E-state index contributed by atoms with van der Waals surface area (Å²) in [5.74, 6) is -3.11. The number of carbonyl (C=O) groups is 3. The Balaban J connectivity index is 1.60. The molecule has 5 rings (SSSR count). The maximum atomic E-state index is 14.6. The number of likely N-dealkylation sites (tertiary alicyclic amines) is 1. The third-order valence-corrected chi connectivity index (χ3v) is 9.19. The predicted octanol–water partition coefficient (Wildman–Crippen LogP) is 3.32. The number of carbonyl (C=O) groups excluding carboxylic acids is 3. The van der Waals surface area contributed by atoms with Gasteiger partial charge in [-0.3, -0.25) is 14.4 Å². The molecule has 4 unspecified atom stereocenters. The van der Waals surface area contributed by atoms with Crippen LogP contribution in [0.5, 0.6) is 0 Å². The summed E-state index contributed by atoms with van der Waals surface area (Å²) in [5, 5.41) is 10.4. The molecule has 1 N–H and O–H groups in total. The second-order valence-electron chi connectivity index (χ2n) is 11.9. The predicted molar refractivity (Wildman–Crippen MR) is 156 cm³/mol. The van der Waals surface area contributed by atoms with Gasteiger partial charge >= 0.3 is 5.97 Å². The molecule has 4 heterocycles. The highest BCUT2D eigenvalue weighted by Gasteiger charge is 2.72. The molecule has 0 aliphatic carbocycles. The molecule has 222 valence electrons. The number of rotatable bonds is 7. The topological polar surface area (TPSA) is 99.6 Å². The number of cyclic esters (lactones) is 1. The van der Waals surface area contributed by atoms with Crippen LogP contribution in [0.25, 0.3) is 0 Å². The van der Waals surface area contributed by atoms with Gasteiger partial charge < -0.3 is 29.3 Å². The molecule has 41 heavy (non-hydrogen) atoms. The number of nitrogens with zero attached hydrogens (tertiary/aromatic N) is 3. The lowest BCUT2D eigenvalue weighted by atomic mass is 9.78. The number of aliphatic hydroxyl groups is 1. The summed E-state index contributed by atoms with van der Waals surface area (Å²) in [4.78, 5) is 48.0. The van der Waals surface area contributed by atoms with E-state index in [4.69, 9.17) is 9.47 Å². The van der Waals surface area contributed by atoms with E-state index in [9.17, 15) is 19.5 Å². The van der Waals surface area contributed by atoms with Crippen molar-refractivity contribution in [3.63, 3.8) is 0 Å². The maximum Gasteiger partial charge on any atom is 0.313 e. The Kier molecular flexibility index (Phi) is 8.30. The van der Waals surface area contributed by atoms with Gasteiger partial charge in [-0.25, -0.2) is 0 Å². The normalized spacial score (nSPS) is 32.9. The summed E-state index contributed by atoms with van der Waals surface area (Å²) < 4.78 is 12.5. The number of amides is 2. The molecular weight excluding hydrogens is 522 g/mol. The first-order valence-corrected chi connectivity index (χ1v) is 15.0. The SMILES string of the molecule is CCN(CC)c1ccc(N2CC=CC34O[C@@H]5/C=C\CCC(C)OC(=O)C5[C@H]3C(=O)N(C(CO)C(C)C)[C@@H]4C2=O)cc1. The molecule has 0 saturated carbocycles. The lowest BCUT2D eigenvalue weighted by Crippen LogP contribution is -2.59. The van der Waals surface area contributed by atoms with E-state index in [0.717, 1.165) is 18.8 Å². The van der Waals surface area contributed by atoms with Crippen LogP contribution in [0, 0.1) is 17.8 Å². The third-order valence-electron chi connectivity index (χ3n) is 9.19. The van der Waals surface area contributed by atoms with Gasteiger partial charge in [-0.1, -0.05) is 38.2 Å². The van der Waals surface area contributed by atoms with Crippen molar-refractivity contribution in [1.82, 2.24) is 4.90 Å². The van der Waals surface area contributed by atoms with Crippen LogP contribution >= 0.6 is 0 Å². The Morgan fingerprint density at radius 1 is 1.07 bits per heavy atom. The molecule has 2 amide bonds. The lowest BCUT2D eigenvalue weighted by molar-refractivity contribution is -0.159. The molecule has 4 aliphatic heterocycles. The molecule has 7 atom stereocenters. The average Bonchev–Trinajstić information content (AvgIpc) is 3.35. The quantitative estimate of drug-likeness (QED) is 0.400. The van der Waals surface area contributed by atoms with Crippen molar-refractivity contribution in [2.45, 2.75) is 77.4 Å². The fourth-order valence-corrected chi connectivity index (χ4v) is 7.03. The molecule has 0 bridgehead atoms. The highest BCUT2D eigenvalue weighted by atomic mass is 16.6. The monoisotopic (exact) mass is 565 g/mol. The van der Waals surface area contributed by atoms with Crippen LogP contribution in [0.3, 0.4) is 0 Å². The van der Waals surface area contributed by atoms with Crippen LogP contribution in [-0.4, -0.2) is 83.9 Å². The summed E-state index contributed by atoms with van der Waals surface area (Å²) in [7, 11) is 0. The largest absolute Gasteiger partial charge is 0.462 e. The van der Waals surface area contributed by atoms with Crippen molar-refractivity contribution in [3.05, 3.63) is 48.6 Å². The number of anilines is 2. The standard InChI is InChI=1S/C32H43N3O6/c1-6-33(7-2)22-13-15-23(16-14-22)34-18-10-17-32-27(26-25(41-32)12-9-8-11-21(5)40-31(26)39)29(37)35(28(32)30(34)38)24(19-36)20(3)4/h9-10,12-17,20-21,24-28,36H,6-8,11,18-19H2,1-5H3/b12-9-/t21?,24?,25-,26?,27+,28-,32?/m1/s1. The Bertz CT molecular complexity index is 1210. The number of aliphatic hydroxyl groups excluding tert-OH is 1. The molecule has 2 saturated heterocycles. The van der Waals surface area contributed by atoms with Gasteiger partial charge in [-0.2, -0.15) is 0 Å². The van der Waals surface area contributed by atoms with Crippen molar-refractivity contribution >= 4 is 29.2 Å². The smallest absolute Gasteiger partial charge is 0.313 e. The van der Waals surface area contributed by atoms with Crippen LogP contribution in [-0.2, 0) is 23.9 Å². The third kappa shape index (κ3) is 4.87. The first-order chi connectivity index (χ1) is 19.7. The Morgan fingerprint density at radius 3 is 2.41 bits per heavy atom. The van der Waals surface area contributed by atoms with Gasteiger partial charge in [0.25, 0.3) is 5.91 Å². The van der Waals surface area contributed by atoms with E-state index in [1.54, 1.807) is 4.90 Å². The van der Waals surface area contributed by atoms with Crippen LogP contribution < -0.4 is 9.80 Å². The van der Waals surface area contributed by atoms with Gasteiger partial charge in [0.2, 0.25) is 5.91 Å². The van der Waals surface area contributed by atoms with Gasteiger partial charge in [0.05, 0.1) is 30.8 Å². The molecule has 0 aromatic heterocycles. The van der Waals surface area contributed by atoms with E-state index in [0.29, 0.717) is 18.5 Å². The minimum Gasteiger partial charge on any atom is -0.462 e. The molecule has 1 spiro atoms. The lowest BCUT2D eigenvalue weighted by Gasteiger charge is -2.39. The Labute approximate surface area is 242 Å². The van der Waals surface area contributed by atoms with Crippen molar-refractivity contribution in [3.8, 4) is 0 Å². The summed E-state index contributed by atoms with van der Waals surface area (Å²) in [6.45, 7) is 11.6. The van der Waals surface area contributed by atoms with Crippen molar-refractivity contribution in [2.75, 3.05) is 36.0 Å². The summed E-state index contributed by atoms with van der Waals surface area (Å²) >= 11 is 0. The van der Waals surface area contributed by atoms with Gasteiger partial charge in [0, 0.05) is 31.0 Å². The van der Waals surface area contributed by atoms with Gasteiger partial charge in [-0.05, 0) is 63.8 Å². The fourth-order valence-electron chi connectivity index (χ4n) is 7.03. The zero-order chi connectivity index (χ0) is 29.5. The Hall–Kier alpha value is -3.17. The minimum atomic E-state index is -1.37. The average molecular weight is 566 g/mol. The van der Waals surface area contributed by atoms with E-state index < -0.39 is 41.6 Å². The molecule has 2 fully saturated rings. The van der Waals surface area contributed by atoms with E-state index >= 15 is 0 Å². The highest BCUT2D eigenvalue weighted by molar-refractivity contribution is 6.05. The number of fused-ring (bicyclic) bond motifs is 2. The van der Waals surface area contributed by atoms with Crippen molar-refractivity contribution in [1.29, 1.82) is 0 Å². The number of hydrogen-bond donors (Lipinski definition) is 1. The molecule has 1 aromatic carbocycles. The minimum absolute atomic E-state index is 0.134. The van der Waals surface area contributed by atoms with Gasteiger partial charge in [0.15, 0.2) is 0 Å². The zero-order valence-electron chi connectivity index (χ0n) is 24.7. The van der Waals surface area contributed by atoms with E-state index in [1.807, 2.05) is 69.3 Å². The molecule has 1 aromatic rings. The summed E-state index contributed by atoms with van der Waals surface area (Å²) in [6.07, 6.45) is 7.91. The first kappa shape index (κ1) is 29.3. The van der Waals surface area contributed by atoms with Crippen molar-refractivity contribution in [2.24, 2.45) is 17.8 Å². The van der Waals surface area contributed by atoms with E-state index in [2.05, 4.69) is 18.7 Å². The maximum absolute atomic E-state index is 14.6. The fraction of sp³-hybridized carbons (Fsp3) is 0.594. The van der Waals surface area contributed by atoms with E-state index in [-0.39, 0.29) is 37.0 Å². The molecular formula is C32H43N3O6. The second-order valence-corrected chi connectivity index (χ2v) is 11.9. The zero-order valence-corrected chi connectivity index (χ0v) is 24.7. The number of benzene rings is 1. The number of allylic oxidation sites excluding steroid dienone is 1. The van der Waals surface area contributed by atoms with Crippen LogP contribution in [0.4, 0.5) is 11.4 Å². The van der Waals surface area contributed by atoms with Crippen LogP contribution in [0.2, 0.25) is 0 Å². The van der Waals surface area contributed by atoms with E-state index in [1.165, 1.54) is 4.90 Å². The molecule has 9 heteroatoms. The second kappa shape index (κ2) is 11.6. The number of ether oxygens (including phenoxy) is 2. The molecule has 0 radical (unpaired) electrons.